The van der Waals surface area contributed by atoms with E-state index >= 15 is 0 Å². The zero-order chi connectivity index (χ0) is 13.7. The van der Waals surface area contributed by atoms with Gasteiger partial charge in [0.15, 0.2) is 0 Å². The van der Waals surface area contributed by atoms with Crippen molar-refractivity contribution in [3.8, 4) is 0 Å². The van der Waals surface area contributed by atoms with Crippen LogP contribution in [-0.2, 0) is 16.0 Å². The second-order valence-electron chi connectivity index (χ2n) is 4.32. The SMILES string of the molecule is CCOC(=O)c1cccc2ccn(CCCOC)c12. The number of esters is 1. The Bertz CT molecular complexity index is 560. The molecule has 4 nitrogen and oxygen atoms in total. The van der Waals surface area contributed by atoms with Crippen LogP contribution < -0.4 is 0 Å². The van der Waals surface area contributed by atoms with Crippen LogP contribution in [0.1, 0.15) is 23.7 Å². The Kier molecular flexibility index (Phi) is 4.58. The van der Waals surface area contributed by atoms with Crippen molar-refractivity contribution in [1.29, 1.82) is 0 Å². The van der Waals surface area contributed by atoms with E-state index in [2.05, 4.69) is 4.57 Å². The number of nitrogens with zero attached hydrogens (tertiary/aromatic N) is 1. The van der Waals surface area contributed by atoms with Crippen molar-refractivity contribution in [1.82, 2.24) is 4.57 Å². The number of benzene rings is 1. The zero-order valence-electron chi connectivity index (χ0n) is 11.4. The molecular formula is C15H19NO3. The first kappa shape index (κ1) is 13.6. The van der Waals surface area contributed by atoms with Crippen LogP contribution in [0.5, 0.6) is 0 Å². The maximum Gasteiger partial charge on any atom is 0.340 e. The first-order valence-electron chi connectivity index (χ1n) is 6.52. The molecule has 1 heterocycles. The van der Waals surface area contributed by atoms with Gasteiger partial charge >= 0.3 is 5.97 Å². The zero-order valence-corrected chi connectivity index (χ0v) is 11.4. The topological polar surface area (TPSA) is 40.5 Å². The van der Waals surface area contributed by atoms with Gasteiger partial charge < -0.3 is 14.0 Å². The quantitative estimate of drug-likeness (QED) is 0.593. The number of rotatable bonds is 6. The molecule has 0 spiro atoms. The largest absolute Gasteiger partial charge is 0.462 e. The minimum atomic E-state index is -0.264. The first-order valence-corrected chi connectivity index (χ1v) is 6.52. The van der Waals surface area contributed by atoms with E-state index in [9.17, 15) is 4.79 Å². The molecule has 2 rings (SSSR count). The van der Waals surface area contributed by atoms with E-state index in [0.717, 1.165) is 23.9 Å². The van der Waals surface area contributed by atoms with E-state index < -0.39 is 0 Å². The van der Waals surface area contributed by atoms with Gasteiger partial charge in [-0.15, -0.1) is 0 Å². The molecule has 0 saturated heterocycles. The summed E-state index contributed by atoms with van der Waals surface area (Å²) in [4.78, 5) is 12.0. The average molecular weight is 261 g/mol. The molecule has 0 radical (unpaired) electrons. The lowest BCUT2D eigenvalue weighted by Crippen LogP contribution is -2.08. The molecule has 0 bridgehead atoms. The lowest BCUT2D eigenvalue weighted by Gasteiger charge is -2.09. The molecule has 0 amide bonds. The van der Waals surface area contributed by atoms with E-state index in [4.69, 9.17) is 9.47 Å². The van der Waals surface area contributed by atoms with Gasteiger partial charge in [-0.3, -0.25) is 0 Å². The summed E-state index contributed by atoms with van der Waals surface area (Å²) in [5, 5.41) is 1.06. The van der Waals surface area contributed by atoms with Crippen molar-refractivity contribution in [2.75, 3.05) is 20.3 Å². The lowest BCUT2D eigenvalue weighted by atomic mass is 10.1. The Morgan fingerprint density at radius 3 is 2.89 bits per heavy atom. The van der Waals surface area contributed by atoms with Gasteiger partial charge in [0.25, 0.3) is 0 Å². The second kappa shape index (κ2) is 6.38. The van der Waals surface area contributed by atoms with Crippen LogP contribution in [0.3, 0.4) is 0 Å². The lowest BCUT2D eigenvalue weighted by molar-refractivity contribution is 0.0528. The fourth-order valence-electron chi connectivity index (χ4n) is 2.20. The summed E-state index contributed by atoms with van der Waals surface area (Å²) in [5.74, 6) is -0.264. The highest BCUT2D eigenvalue weighted by Gasteiger charge is 2.13. The summed E-state index contributed by atoms with van der Waals surface area (Å²) in [6.45, 7) is 3.74. The average Bonchev–Trinajstić information content (AvgIpc) is 2.83. The molecule has 1 aromatic heterocycles. The Morgan fingerprint density at radius 2 is 2.16 bits per heavy atom. The molecule has 0 unspecified atom stereocenters. The van der Waals surface area contributed by atoms with Crippen molar-refractivity contribution in [2.24, 2.45) is 0 Å². The minimum Gasteiger partial charge on any atom is -0.462 e. The molecule has 0 aliphatic heterocycles. The van der Waals surface area contributed by atoms with Gasteiger partial charge in [-0.05, 0) is 25.5 Å². The van der Waals surface area contributed by atoms with Crippen molar-refractivity contribution in [3.05, 3.63) is 36.0 Å². The number of aryl methyl sites for hydroxylation is 1. The van der Waals surface area contributed by atoms with Gasteiger partial charge in [0.2, 0.25) is 0 Å². The number of methoxy groups -OCH3 is 1. The summed E-state index contributed by atoms with van der Waals surface area (Å²) in [6.07, 6.45) is 2.92. The predicted molar refractivity (Wildman–Crippen MR) is 74.4 cm³/mol. The molecule has 19 heavy (non-hydrogen) atoms. The predicted octanol–water partition coefficient (Wildman–Crippen LogP) is 2.85. The first-order chi connectivity index (χ1) is 9.27. The maximum absolute atomic E-state index is 12.0. The van der Waals surface area contributed by atoms with Gasteiger partial charge in [0.1, 0.15) is 0 Å². The third-order valence-electron chi connectivity index (χ3n) is 3.03. The number of fused-ring (bicyclic) bond motifs is 1. The monoisotopic (exact) mass is 261 g/mol. The molecule has 4 heteroatoms. The number of carbonyl (C=O) groups excluding carboxylic acids is 1. The van der Waals surface area contributed by atoms with E-state index in [1.165, 1.54) is 0 Å². The molecule has 0 saturated carbocycles. The van der Waals surface area contributed by atoms with Gasteiger partial charge in [0.05, 0.1) is 17.7 Å². The third-order valence-corrected chi connectivity index (χ3v) is 3.03. The molecular weight excluding hydrogens is 242 g/mol. The number of hydrogen-bond donors (Lipinski definition) is 0. The van der Waals surface area contributed by atoms with Crippen LogP contribution in [0.15, 0.2) is 30.5 Å². The number of aromatic nitrogens is 1. The molecule has 1 aromatic carbocycles. The van der Waals surface area contributed by atoms with Crippen molar-refractivity contribution < 1.29 is 14.3 Å². The molecule has 0 fully saturated rings. The summed E-state index contributed by atoms with van der Waals surface area (Å²) in [6, 6.07) is 7.72. The molecule has 0 N–H and O–H groups in total. The molecule has 0 atom stereocenters. The number of para-hydroxylation sites is 1. The van der Waals surface area contributed by atoms with Gasteiger partial charge in [0, 0.05) is 31.8 Å². The fraction of sp³-hybridized carbons (Fsp3) is 0.400. The van der Waals surface area contributed by atoms with E-state index in [1.54, 1.807) is 7.11 Å². The highest BCUT2D eigenvalue weighted by Crippen LogP contribution is 2.21. The summed E-state index contributed by atoms with van der Waals surface area (Å²) < 4.78 is 12.3. The van der Waals surface area contributed by atoms with Gasteiger partial charge in [-0.1, -0.05) is 12.1 Å². The Morgan fingerprint density at radius 1 is 1.32 bits per heavy atom. The van der Waals surface area contributed by atoms with E-state index in [0.29, 0.717) is 18.8 Å². The minimum absolute atomic E-state index is 0.264. The van der Waals surface area contributed by atoms with Crippen LogP contribution in [-0.4, -0.2) is 30.9 Å². The molecule has 0 aliphatic carbocycles. The molecule has 2 aromatic rings. The van der Waals surface area contributed by atoms with Crippen LogP contribution in [0.2, 0.25) is 0 Å². The van der Waals surface area contributed by atoms with Gasteiger partial charge in [-0.2, -0.15) is 0 Å². The molecule has 102 valence electrons. The third kappa shape index (κ3) is 2.96. The molecule has 0 aliphatic rings. The highest BCUT2D eigenvalue weighted by atomic mass is 16.5. The Balaban J connectivity index is 2.35. The Hall–Kier alpha value is -1.81. The standard InChI is InChI=1S/C15H19NO3/c1-3-19-15(17)13-7-4-6-12-8-10-16(14(12)13)9-5-11-18-2/h4,6-8,10H,3,5,9,11H2,1-2H3. The van der Waals surface area contributed by atoms with Crippen LogP contribution in [0, 0.1) is 0 Å². The smallest absolute Gasteiger partial charge is 0.340 e. The van der Waals surface area contributed by atoms with Gasteiger partial charge in [-0.25, -0.2) is 4.79 Å². The van der Waals surface area contributed by atoms with E-state index in [1.807, 2.05) is 37.4 Å². The van der Waals surface area contributed by atoms with Crippen molar-refractivity contribution >= 4 is 16.9 Å². The summed E-state index contributed by atoms with van der Waals surface area (Å²) in [5.41, 5.74) is 1.57. The Labute approximate surface area is 112 Å². The van der Waals surface area contributed by atoms with Crippen LogP contribution >= 0.6 is 0 Å². The van der Waals surface area contributed by atoms with Crippen LogP contribution in [0.4, 0.5) is 0 Å². The van der Waals surface area contributed by atoms with Crippen molar-refractivity contribution in [3.63, 3.8) is 0 Å². The highest BCUT2D eigenvalue weighted by molar-refractivity contribution is 6.03. The van der Waals surface area contributed by atoms with E-state index in [-0.39, 0.29) is 5.97 Å². The van der Waals surface area contributed by atoms with Crippen LogP contribution in [0.25, 0.3) is 10.9 Å². The number of ether oxygens (including phenoxy) is 2. The normalized spacial score (nSPS) is 10.8. The number of hydrogen-bond acceptors (Lipinski definition) is 3. The summed E-state index contributed by atoms with van der Waals surface area (Å²) >= 11 is 0. The summed E-state index contributed by atoms with van der Waals surface area (Å²) in [7, 11) is 1.69. The van der Waals surface area contributed by atoms with Crippen molar-refractivity contribution in [2.45, 2.75) is 19.9 Å². The second-order valence-corrected chi connectivity index (χ2v) is 4.32. The fourth-order valence-corrected chi connectivity index (χ4v) is 2.20. The number of carbonyl (C=O) groups is 1. The maximum atomic E-state index is 12.0.